The number of benzene rings is 2. The van der Waals surface area contributed by atoms with E-state index < -0.39 is 40.7 Å². The third-order valence-corrected chi connectivity index (χ3v) is 3.53. The zero-order chi connectivity index (χ0) is 18.2. The molecular formula is C17H11F6N. The Balaban J connectivity index is 2.80. The molecule has 2 aromatic rings. The van der Waals surface area contributed by atoms with Gasteiger partial charge in [0.25, 0.3) is 0 Å². The highest BCUT2D eigenvalue weighted by Gasteiger charge is 2.35. The van der Waals surface area contributed by atoms with Crippen LogP contribution in [-0.2, 0) is 6.18 Å². The van der Waals surface area contributed by atoms with Crippen LogP contribution >= 0.6 is 0 Å². The second-order valence-corrected chi connectivity index (χ2v) is 5.50. The normalized spacial score (nSPS) is 11.7. The van der Waals surface area contributed by atoms with E-state index >= 15 is 0 Å². The standard InChI is InChI=1S/C17H11F6N/c1-8(2)10-6-16(20)13(17(21,22)23)5-11(10)9-3-14(18)12(7-24)15(19)4-9/h3-6,8H,1-2H3. The van der Waals surface area contributed by atoms with Crippen LogP contribution in [0.25, 0.3) is 11.1 Å². The molecule has 0 unspecified atom stereocenters. The lowest BCUT2D eigenvalue weighted by atomic mass is 9.90. The molecule has 1 nitrogen and oxygen atoms in total. The summed E-state index contributed by atoms with van der Waals surface area (Å²) in [7, 11) is 0. The summed E-state index contributed by atoms with van der Waals surface area (Å²) in [5.41, 5.74) is -2.52. The lowest BCUT2D eigenvalue weighted by Crippen LogP contribution is -2.10. The first-order chi connectivity index (χ1) is 11.1. The number of alkyl halides is 3. The molecular weight excluding hydrogens is 332 g/mol. The van der Waals surface area contributed by atoms with E-state index in [4.69, 9.17) is 5.26 Å². The van der Waals surface area contributed by atoms with Crippen molar-refractivity contribution in [3.63, 3.8) is 0 Å². The molecule has 2 rings (SSSR count). The third kappa shape index (κ3) is 3.23. The van der Waals surface area contributed by atoms with Gasteiger partial charge in [0.05, 0.1) is 5.56 Å². The molecule has 0 aliphatic heterocycles. The van der Waals surface area contributed by atoms with E-state index in [2.05, 4.69) is 0 Å². The summed E-state index contributed by atoms with van der Waals surface area (Å²) in [6.45, 7) is 3.23. The summed E-state index contributed by atoms with van der Waals surface area (Å²) < 4.78 is 80.1. The van der Waals surface area contributed by atoms with Gasteiger partial charge < -0.3 is 0 Å². The Morgan fingerprint density at radius 1 is 0.917 bits per heavy atom. The van der Waals surface area contributed by atoms with Gasteiger partial charge in [0.1, 0.15) is 29.1 Å². The zero-order valence-corrected chi connectivity index (χ0v) is 12.6. The van der Waals surface area contributed by atoms with Crippen LogP contribution in [0, 0.1) is 28.8 Å². The van der Waals surface area contributed by atoms with Crippen molar-refractivity contribution < 1.29 is 26.3 Å². The van der Waals surface area contributed by atoms with E-state index in [-0.39, 0.29) is 16.7 Å². The monoisotopic (exact) mass is 343 g/mol. The largest absolute Gasteiger partial charge is 0.419 e. The van der Waals surface area contributed by atoms with Crippen molar-refractivity contribution in [3.8, 4) is 17.2 Å². The number of nitriles is 1. The number of rotatable bonds is 2. The minimum absolute atomic E-state index is 0.138. The summed E-state index contributed by atoms with van der Waals surface area (Å²) in [5.74, 6) is -4.23. The van der Waals surface area contributed by atoms with Gasteiger partial charge in [-0.2, -0.15) is 18.4 Å². The summed E-state index contributed by atoms with van der Waals surface area (Å²) in [4.78, 5) is 0. The molecule has 7 heteroatoms. The lowest BCUT2D eigenvalue weighted by molar-refractivity contribution is -0.139. The van der Waals surface area contributed by atoms with E-state index in [9.17, 15) is 26.3 Å². The van der Waals surface area contributed by atoms with Gasteiger partial charge in [-0.3, -0.25) is 0 Å². The fraction of sp³-hybridized carbons (Fsp3) is 0.235. The van der Waals surface area contributed by atoms with Gasteiger partial charge in [-0.25, -0.2) is 13.2 Å². The summed E-state index contributed by atoms with van der Waals surface area (Å²) in [6, 6.07) is 4.12. The van der Waals surface area contributed by atoms with E-state index in [1.807, 2.05) is 0 Å². The minimum Gasteiger partial charge on any atom is -0.206 e. The SMILES string of the molecule is CC(C)c1cc(F)c(C(F)(F)F)cc1-c1cc(F)c(C#N)c(F)c1. The highest BCUT2D eigenvalue weighted by molar-refractivity contribution is 5.70. The van der Waals surface area contributed by atoms with E-state index in [1.54, 1.807) is 13.8 Å². The molecule has 24 heavy (non-hydrogen) atoms. The smallest absolute Gasteiger partial charge is 0.206 e. The Kier molecular flexibility index (Phi) is 4.61. The Bertz CT molecular complexity index is 807. The fourth-order valence-corrected chi connectivity index (χ4v) is 2.37. The Labute approximate surface area is 134 Å². The van der Waals surface area contributed by atoms with Gasteiger partial charge in [-0.05, 0) is 46.9 Å². The number of hydrogen-bond acceptors (Lipinski definition) is 1. The molecule has 2 aromatic carbocycles. The summed E-state index contributed by atoms with van der Waals surface area (Å²) in [6.07, 6.45) is -4.95. The fourth-order valence-electron chi connectivity index (χ4n) is 2.37. The molecule has 0 saturated carbocycles. The van der Waals surface area contributed by atoms with Gasteiger partial charge >= 0.3 is 6.18 Å². The van der Waals surface area contributed by atoms with Gasteiger partial charge in [0.15, 0.2) is 0 Å². The Morgan fingerprint density at radius 2 is 1.46 bits per heavy atom. The van der Waals surface area contributed by atoms with Crippen molar-refractivity contribution >= 4 is 0 Å². The first-order valence-corrected chi connectivity index (χ1v) is 6.86. The topological polar surface area (TPSA) is 23.8 Å². The van der Waals surface area contributed by atoms with Crippen molar-refractivity contribution in [3.05, 3.63) is 58.4 Å². The van der Waals surface area contributed by atoms with Gasteiger partial charge in [-0.1, -0.05) is 13.8 Å². The van der Waals surface area contributed by atoms with Gasteiger partial charge in [0, 0.05) is 0 Å². The van der Waals surface area contributed by atoms with Crippen molar-refractivity contribution in [2.45, 2.75) is 25.9 Å². The first-order valence-electron chi connectivity index (χ1n) is 6.86. The van der Waals surface area contributed by atoms with Gasteiger partial charge in [-0.15, -0.1) is 0 Å². The quantitative estimate of drug-likeness (QED) is 0.634. The van der Waals surface area contributed by atoms with Crippen LogP contribution in [0.3, 0.4) is 0 Å². The molecule has 0 N–H and O–H groups in total. The molecule has 0 aliphatic rings. The molecule has 0 amide bonds. The molecule has 0 aliphatic carbocycles. The maximum absolute atomic E-state index is 13.8. The minimum atomic E-state index is -4.95. The van der Waals surface area contributed by atoms with E-state index in [0.29, 0.717) is 6.07 Å². The van der Waals surface area contributed by atoms with Gasteiger partial charge in [0.2, 0.25) is 0 Å². The second kappa shape index (κ2) is 6.19. The molecule has 0 atom stereocenters. The van der Waals surface area contributed by atoms with Crippen LogP contribution in [0.1, 0.15) is 36.5 Å². The second-order valence-electron chi connectivity index (χ2n) is 5.50. The zero-order valence-electron chi connectivity index (χ0n) is 12.6. The van der Waals surface area contributed by atoms with Crippen LogP contribution in [0.4, 0.5) is 26.3 Å². The number of halogens is 6. The number of nitrogens with zero attached hydrogens (tertiary/aromatic N) is 1. The number of hydrogen-bond donors (Lipinski definition) is 0. The van der Waals surface area contributed by atoms with E-state index in [0.717, 1.165) is 18.2 Å². The van der Waals surface area contributed by atoms with Crippen molar-refractivity contribution in [1.82, 2.24) is 0 Å². The summed E-state index contributed by atoms with van der Waals surface area (Å²) in [5, 5.41) is 8.66. The van der Waals surface area contributed by atoms with Crippen molar-refractivity contribution in [1.29, 1.82) is 5.26 Å². The Hall–Kier alpha value is -2.49. The third-order valence-electron chi connectivity index (χ3n) is 3.53. The molecule has 0 bridgehead atoms. The lowest BCUT2D eigenvalue weighted by Gasteiger charge is -2.17. The molecule has 0 heterocycles. The van der Waals surface area contributed by atoms with Crippen LogP contribution in [0.5, 0.6) is 0 Å². The highest BCUT2D eigenvalue weighted by Crippen LogP contribution is 2.39. The molecule has 126 valence electrons. The van der Waals surface area contributed by atoms with Crippen LogP contribution < -0.4 is 0 Å². The van der Waals surface area contributed by atoms with Crippen LogP contribution in [-0.4, -0.2) is 0 Å². The predicted octanol–water partition coefficient (Wildman–Crippen LogP) is 5.78. The highest BCUT2D eigenvalue weighted by atomic mass is 19.4. The molecule has 0 radical (unpaired) electrons. The maximum Gasteiger partial charge on any atom is 0.419 e. The van der Waals surface area contributed by atoms with E-state index in [1.165, 1.54) is 6.07 Å². The van der Waals surface area contributed by atoms with Crippen LogP contribution in [0.15, 0.2) is 24.3 Å². The molecule has 0 fully saturated rings. The summed E-state index contributed by atoms with van der Waals surface area (Å²) >= 11 is 0. The van der Waals surface area contributed by atoms with Crippen molar-refractivity contribution in [2.24, 2.45) is 0 Å². The molecule has 0 saturated heterocycles. The average molecular weight is 343 g/mol. The maximum atomic E-state index is 13.8. The average Bonchev–Trinajstić information content (AvgIpc) is 2.45. The molecule has 0 spiro atoms. The van der Waals surface area contributed by atoms with Crippen LogP contribution in [0.2, 0.25) is 0 Å². The van der Waals surface area contributed by atoms with Crippen molar-refractivity contribution in [2.75, 3.05) is 0 Å². The molecule has 0 aromatic heterocycles. The Morgan fingerprint density at radius 3 is 1.88 bits per heavy atom. The predicted molar refractivity (Wildman–Crippen MR) is 75.6 cm³/mol. The first kappa shape index (κ1) is 17.9.